The number of nitrogens with zero attached hydrogens (tertiary/aromatic N) is 1. The van der Waals surface area contributed by atoms with Crippen LogP contribution in [0.4, 0.5) is 0 Å². The van der Waals surface area contributed by atoms with E-state index in [4.69, 9.17) is 39.5 Å². The van der Waals surface area contributed by atoms with Crippen molar-refractivity contribution < 1.29 is 9.53 Å². The number of aryl methyl sites for hydroxylation is 1. The molecule has 0 aliphatic heterocycles. The smallest absolute Gasteiger partial charge is 0.345 e. The van der Waals surface area contributed by atoms with Gasteiger partial charge in [-0.1, -0.05) is 34.8 Å². The van der Waals surface area contributed by atoms with Crippen LogP contribution in [0.2, 0.25) is 15.2 Å². The van der Waals surface area contributed by atoms with Crippen molar-refractivity contribution in [3.8, 4) is 5.75 Å². The predicted octanol–water partition coefficient (Wildman–Crippen LogP) is 4.57. The molecule has 98 valence electrons. The molecule has 0 bridgehead atoms. The maximum atomic E-state index is 11.9. The third kappa shape index (κ3) is 3.38. The average Bonchev–Trinajstić information content (AvgIpc) is 2.36. The van der Waals surface area contributed by atoms with Crippen LogP contribution >= 0.6 is 34.8 Å². The molecule has 2 aromatic rings. The summed E-state index contributed by atoms with van der Waals surface area (Å²) in [4.78, 5) is 15.7. The molecule has 0 amide bonds. The van der Waals surface area contributed by atoms with Gasteiger partial charge in [0, 0.05) is 11.2 Å². The minimum absolute atomic E-state index is 0.140. The van der Waals surface area contributed by atoms with Gasteiger partial charge in [0.25, 0.3) is 0 Å². The minimum atomic E-state index is -0.559. The number of carbonyl (C=O) groups excluding carboxylic acids is 1. The molecule has 3 nitrogen and oxygen atoms in total. The summed E-state index contributed by atoms with van der Waals surface area (Å²) >= 11 is 17.3. The molecule has 0 aliphatic rings. The van der Waals surface area contributed by atoms with Gasteiger partial charge in [-0.2, -0.15) is 0 Å². The lowest BCUT2D eigenvalue weighted by Gasteiger charge is -2.07. The van der Waals surface area contributed by atoms with E-state index in [-0.39, 0.29) is 15.7 Å². The molecule has 0 radical (unpaired) electrons. The lowest BCUT2D eigenvalue weighted by atomic mass is 10.2. The number of hydrogen-bond donors (Lipinski definition) is 0. The van der Waals surface area contributed by atoms with Crippen molar-refractivity contribution >= 4 is 40.8 Å². The Labute approximate surface area is 125 Å². The molecule has 2 rings (SSSR count). The summed E-state index contributed by atoms with van der Waals surface area (Å²) in [6, 6.07) is 6.38. The fourth-order valence-electron chi connectivity index (χ4n) is 1.42. The maximum Gasteiger partial charge on any atom is 0.345 e. The van der Waals surface area contributed by atoms with Crippen molar-refractivity contribution in [2.75, 3.05) is 0 Å². The Morgan fingerprint density at radius 3 is 2.58 bits per heavy atom. The van der Waals surface area contributed by atoms with Crippen molar-refractivity contribution in [3.63, 3.8) is 0 Å². The zero-order chi connectivity index (χ0) is 14.0. The van der Waals surface area contributed by atoms with Gasteiger partial charge in [-0.25, -0.2) is 9.78 Å². The second-order valence-electron chi connectivity index (χ2n) is 3.80. The van der Waals surface area contributed by atoms with Gasteiger partial charge in [0.2, 0.25) is 0 Å². The molecule has 1 heterocycles. The number of rotatable bonds is 2. The van der Waals surface area contributed by atoms with Crippen LogP contribution in [0.15, 0.2) is 30.5 Å². The number of carbonyl (C=O) groups is 1. The molecule has 1 aromatic heterocycles. The zero-order valence-electron chi connectivity index (χ0n) is 9.78. The minimum Gasteiger partial charge on any atom is -0.423 e. The van der Waals surface area contributed by atoms with Crippen LogP contribution in [0.1, 0.15) is 15.9 Å². The summed E-state index contributed by atoms with van der Waals surface area (Å²) < 4.78 is 5.24. The van der Waals surface area contributed by atoms with Gasteiger partial charge in [0.1, 0.15) is 10.9 Å². The van der Waals surface area contributed by atoms with E-state index < -0.39 is 5.97 Å². The first-order chi connectivity index (χ1) is 8.97. The van der Waals surface area contributed by atoms with E-state index in [9.17, 15) is 4.79 Å². The highest BCUT2D eigenvalue weighted by molar-refractivity contribution is 6.41. The Hall–Kier alpha value is -1.29. The highest BCUT2D eigenvalue weighted by Gasteiger charge is 2.13. The largest absolute Gasteiger partial charge is 0.423 e. The number of ether oxygens (including phenoxy) is 1. The molecule has 0 atom stereocenters. The third-order valence-electron chi connectivity index (χ3n) is 2.37. The Morgan fingerprint density at radius 1 is 1.21 bits per heavy atom. The Bertz CT molecular complexity index is 644. The molecule has 0 saturated carbocycles. The van der Waals surface area contributed by atoms with Gasteiger partial charge < -0.3 is 4.74 Å². The third-order valence-corrected chi connectivity index (χ3v) is 3.29. The molecule has 0 saturated heterocycles. The van der Waals surface area contributed by atoms with Crippen molar-refractivity contribution in [2.45, 2.75) is 6.92 Å². The first kappa shape index (κ1) is 14.1. The van der Waals surface area contributed by atoms with Gasteiger partial charge >= 0.3 is 5.97 Å². The Kier molecular flexibility index (Phi) is 4.30. The molecular weight excluding hydrogens is 309 g/mol. The lowest BCUT2D eigenvalue weighted by Crippen LogP contribution is -2.09. The first-order valence-corrected chi connectivity index (χ1v) is 6.40. The number of halogens is 3. The zero-order valence-corrected chi connectivity index (χ0v) is 12.1. The quantitative estimate of drug-likeness (QED) is 0.463. The van der Waals surface area contributed by atoms with Gasteiger partial charge in [-0.05, 0) is 36.8 Å². The average molecular weight is 317 g/mol. The van der Waals surface area contributed by atoms with E-state index in [1.807, 2.05) is 0 Å². The monoisotopic (exact) mass is 315 g/mol. The fourth-order valence-corrected chi connectivity index (χ4v) is 1.92. The van der Waals surface area contributed by atoms with Crippen LogP contribution in [0.5, 0.6) is 5.75 Å². The van der Waals surface area contributed by atoms with E-state index in [1.165, 1.54) is 12.3 Å². The standard InChI is InChI=1S/C13H8Cl3NO2/c1-7-4-9(14)2-3-11(7)19-13(18)8-5-10(15)12(16)17-6-8/h2-6H,1H3. The van der Waals surface area contributed by atoms with Crippen LogP contribution in [-0.2, 0) is 0 Å². The van der Waals surface area contributed by atoms with Crippen LogP contribution in [0.3, 0.4) is 0 Å². The highest BCUT2D eigenvalue weighted by Crippen LogP contribution is 2.24. The predicted molar refractivity (Wildman–Crippen MR) is 75.4 cm³/mol. The van der Waals surface area contributed by atoms with Crippen LogP contribution in [0.25, 0.3) is 0 Å². The molecule has 0 spiro atoms. The van der Waals surface area contributed by atoms with E-state index in [0.717, 1.165) is 5.56 Å². The summed E-state index contributed by atoms with van der Waals surface area (Å²) in [5, 5.41) is 0.915. The number of hydrogen-bond acceptors (Lipinski definition) is 3. The summed E-state index contributed by atoms with van der Waals surface area (Å²) in [6.07, 6.45) is 1.31. The van der Waals surface area contributed by atoms with E-state index in [2.05, 4.69) is 4.98 Å². The van der Waals surface area contributed by atoms with Crippen molar-refractivity contribution in [2.24, 2.45) is 0 Å². The molecular formula is C13H8Cl3NO2. The number of benzene rings is 1. The van der Waals surface area contributed by atoms with Gasteiger partial charge in [0.05, 0.1) is 10.6 Å². The van der Waals surface area contributed by atoms with Gasteiger partial charge in [-0.3, -0.25) is 0 Å². The van der Waals surface area contributed by atoms with Crippen molar-refractivity contribution in [1.29, 1.82) is 0 Å². The van der Waals surface area contributed by atoms with Crippen LogP contribution < -0.4 is 4.74 Å². The first-order valence-electron chi connectivity index (χ1n) is 5.27. The summed E-state index contributed by atoms with van der Waals surface area (Å²) in [7, 11) is 0. The number of pyridine rings is 1. The molecule has 0 unspecified atom stereocenters. The number of aromatic nitrogens is 1. The SMILES string of the molecule is Cc1cc(Cl)ccc1OC(=O)c1cnc(Cl)c(Cl)c1. The summed E-state index contributed by atoms with van der Waals surface area (Å²) in [5.74, 6) is -0.128. The molecule has 19 heavy (non-hydrogen) atoms. The Morgan fingerprint density at radius 2 is 1.95 bits per heavy atom. The van der Waals surface area contributed by atoms with Gasteiger partial charge in [0.15, 0.2) is 0 Å². The number of esters is 1. The van der Waals surface area contributed by atoms with Crippen LogP contribution in [0, 0.1) is 6.92 Å². The normalized spacial score (nSPS) is 10.3. The molecule has 6 heteroatoms. The van der Waals surface area contributed by atoms with E-state index >= 15 is 0 Å². The second-order valence-corrected chi connectivity index (χ2v) is 5.00. The maximum absolute atomic E-state index is 11.9. The molecule has 0 fully saturated rings. The van der Waals surface area contributed by atoms with E-state index in [1.54, 1.807) is 25.1 Å². The van der Waals surface area contributed by atoms with Crippen molar-refractivity contribution in [1.82, 2.24) is 4.98 Å². The van der Waals surface area contributed by atoms with Gasteiger partial charge in [-0.15, -0.1) is 0 Å². The molecule has 1 aromatic carbocycles. The van der Waals surface area contributed by atoms with E-state index in [0.29, 0.717) is 10.8 Å². The summed E-state index contributed by atoms with van der Waals surface area (Å²) in [6.45, 7) is 1.79. The molecule has 0 aliphatic carbocycles. The highest BCUT2D eigenvalue weighted by atomic mass is 35.5. The topological polar surface area (TPSA) is 39.2 Å². The fraction of sp³-hybridized carbons (Fsp3) is 0.0769. The second kappa shape index (κ2) is 5.78. The lowest BCUT2D eigenvalue weighted by molar-refractivity contribution is 0.0733. The van der Waals surface area contributed by atoms with Crippen LogP contribution in [-0.4, -0.2) is 11.0 Å². The van der Waals surface area contributed by atoms with Crippen molar-refractivity contribution in [3.05, 3.63) is 56.8 Å². The summed E-state index contributed by atoms with van der Waals surface area (Å²) in [5.41, 5.74) is 0.984. The Balaban J connectivity index is 2.23. The molecule has 0 N–H and O–H groups in total.